The van der Waals surface area contributed by atoms with Crippen LogP contribution in [0.4, 0.5) is 16.8 Å². The molecule has 4 heterocycles. The van der Waals surface area contributed by atoms with Gasteiger partial charge in [0.05, 0.1) is 0 Å². The van der Waals surface area contributed by atoms with E-state index < -0.39 is 0 Å². The summed E-state index contributed by atoms with van der Waals surface area (Å²) < 4.78 is 6.16. The fourth-order valence-electron chi connectivity index (χ4n) is 3.96. The van der Waals surface area contributed by atoms with Crippen molar-refractivity contribution in [3.63, 3.8) is 0 Å². The second-order valence-electron chi connectivity index (χ2n) is 8.10. The molecule has 0 radical (unpaired) electrons. The van der Waals surface area contributed by atoms with Crippen molar-refractivity contribution in [2.75, 3.05) is 42.3 Å². The SMILES string of the molecule is Cc1nsc(N2CCC(Nc3nc4c(-c5cccc(N(C)C)c5)cccn4n3)CC2)n1. The van der Waals surface area contributed by atoms with Gasteiger partial charge < -0.3 is 15.1 Å². The smallest absolute Gasteiger partial charge is 0.243 e. The first-order valence-corrected chi connectivity index (χ1v) is 11.3. The Morgan fingerprint density at radius 2 is 1.94 bits per heavy atom. The Balaban J connectivity index is 1.33. The lowest BCUT2D eigenvalue weighted by Gasteiger charge is -2.31. The number of nitrogens with one attached hydrogen (secondary N) is 1. The zero-order valence-electron chi connectivity index (χ0n) is 18.0. The summed E-state index contributed by atoms with van der Waals surface area (Å²) in [4.78, 5) is 13.8. The fourth-order valence-corrected chi connectivity index (χ4v) is 4.68. The molecule has 8 nitrogen and oxygen atoms in total. The molecule has 0 bridgehead atoms. The first kappa shape index (κ1) is 19.7. The van der Waals surface area contributed by atoms with E-state index in [1.54, 1.807) is 0 Å². The van der Waals surface area contributed by atoms with Crippen molar-refractivity contribution in [1.82, 2.24) is 24.0 Å². The normalized spacial score (nSPS) is 14.9. The second-order valence-corrected chi connectivity index (χ2v) is 8.83. The molecule has 0 aliphatic carbocycles. The number of benzene rings is 1. The van der Waals surface area contributed by atoms with Crippen LogP contribution in [-0.2, 0) is 0 Å². The topological polar surface area (TPSA) is 74.5 Å². The molecule has 1 aliphatic rings. The second kappa shape index (κ2) is 8.14. The van der Waals surface area contributed by atoms with Gasteiger partial charge in [0, 0.05) is 62.2 Å². The number of fused-ring (bicyclic) bond motifs is 1. The third-order valence-corrected chi connectivity index (χ3v) is 6.52. The van der Waals surface area contributed by atoms with Crippen LogP contribution < -0.4 is 15.1 Å². The summed E-state index contributed by atoms with van der Waals surface area (Å²) in [5.74, 6) is 1.53. The Morgan fingerprint density at radius 1 is 1.10 bits per heavy atom. The molecule has 160 valence electrons. The van der Waals surface area contributed by atoms with E-state index in [4.69, 9.17) is 4.98 Å². The van der Waals surface area contributed by atoms with Gasteiger partial charge in [0.1, 0.15) is 5.82 Å². The van der Waals surface area contributed by atoms with Gasteiger partial charge in [-0.05, 0) is 49.6 Å². The van der Waals surface area contributed by atoms with Gasteiger partial charge in [-0.15, -0.1) is 5.10 Å². The molecule has 4 aromatic rings. The highest BCUT2D eigenvalue weighted by atomic mass is 32.1. The van der Waals surface area contributed by atoms with Crippen LogP contribution in [0, 0.1) is 6.92 Å². The van der Waals surface area contributed by atoms with Crippen LogP contribution >= 0.6 is 11.5 Å². The molecule has 0 amide bonds. The van der Waals surface area contributed by atoms with Gasteiger partial charge in [-0.3, -0.25) is 0 Å². The minimum atomic E-state index is 0.350. The van der Waals surface area contributed by atoms with E-state index in [1.165, 1.54) is 11.5 Å². The lowest BCUT2D eigenvalue weighted by atomic mass is 10.1. The van der Waals surface area contributed by atoms with Crippen molar-refractivity contribution < 1.29 is 0 Å². The maximum absolute atomic E-state index is 4.83. The number of piperidine rings is 1. The van der Waals surface area contributed by atoms with Gasteiger partial charge in [0.2, 0.25) is 11.1 Å². The number of aryl methyl sites for hydroxylation is 1. The molecule has 5 rings (SSSR count). The number of anilines is 3. The summed E-state index contributed by atoms with van der Waals surface area (Å²) in [6, 6.07) is 13.0. The highest BCUT2D eigenvalue weighted by Crippen LogP contribution is 2.28. The summed E-state index contributed by atoms with van der Waals surface area (Å²) in [5, 5.41) is 9.25. The number of rotatable bonds is 5. The third-order valence-electron chi connectivity index (χ3n) is 5.65. The van der Waals surface area contributed by atoms with Gasteiger partial charge in [-0.2, -0.15) is 9.36 Å². The highest BCUT2D eigenvalue weighted by molar-refractivity contribution is 7.09. The average Bonchev–Trinajstić information content (AvgIpc) is 3.40. The third kappa shape index (κ3) is 4.05. The molecule has 0 unspecified atom stereocenters. The summed E-state index contributed by atoms with van der Waals surface area (Å²) in [6.07, 6.45) is 3.99. The van der Waals surface area contributed by atoms with Crippen molar-refractivity contribution >= 4 is 33.9 Å². The number of nitrogens with zero attached hydrogens (tertiary/aromatic N) is 7. The molecule has 1 fully saturated rings. The van der Waals surface area contributed by atoms with Crippen LogP contribution in [0.5, 0.6) is 0 Å². The summed E-state index contributed by atoms with van der Waals surface area (Å²) in [7, 11) is 4.10. The Morgan fingerprint density at radius 3 is 2.68 bits per heavy atom. The largest absolute Gasteiger partial charge is 0.378 e. The monoisotopic (exact) mass is 434 g/mol. The quantitative estimate of drug-likeness (QED) is 0.513. The maximum Gasteiger partial charge on any atom is 0.243 e. The molecule has 0 atom stereocenters. The molecule has 0 saturated carbocycles. The molecule has 3 aromatic heterocycles. The van der Waals surface area contributed by atoms with Crippen LogP contribution in [0.15, 0.2) is 42.6 Å². The lowest BCUT2D eigenvalue weighted by Crippen LogP contribution is -2.39. The molecule has 1 saturated heterocycles. The van der Waals surface area contributed by atoms with Crippen molar-refractivity contribution in [2.24, 2.45) is 0 Å². The fraction of sp³-hybridized carbons (Fsp3) is 0.364. The van der Waals surface area contributed by atoms with E-state index in [2.05, 4.69) is 74.0 Å². The Bertz CT molecular complexity index is 1190. The Hall–Kier alpha value is -3.20. The zero-order valence-corrected chi connectivity index (χ0v) is 18.8. The zero-order chi connectivity index (χ0) is 21.4. The molecule has 1 N–H and O–H groups in total. The van der Waals surface area contributed by atoms with Crippen molar-refractivity contribution in [1.29, 1.82) is 0 Å². The van der Waals surface area contributed by atoms with E-state index in [1.807, 2.05) is 23.7 Å². The number of aromatic nitrogens is 5. The predicted molar refractivity (Wildman–Crippen MR) is 126 cm³/mol. The molecule has 31 heavy (non-hydrogen) atoms. The van der Waals surface area contributed by atoms with Gasteiger partial charge in [0.15, 0.2) is 5.65 Å². The summed E-state index contributed by atoms with van der Waals surface area (Å²) in [5.41, 5.74) is 4.24. The van der Waals surface area contributed by atoms with Crippen molar-refractivity contribution in [2.45, 2.75) is 25.8 Å². The van der Waals surface area contributed by atoms with Gasteiger partial charge in [-0.1, -0.05) is 12.1 Å². The summed E-state index contributed by atoms with van der Waals surface area (Å²) >= 11 is 1.48. The molecule has 1 aromatic carbocycles. The minimum Gasteiger partial charge on any atom is -0.378 e. The van der Waals surface area contributed by atoms with E-state index >= 15 is 0 Å². The van der Waals surface area contributed by atoms with Gasteiger partial charge in [0.25, 0.3) is 0 Å². The first-order valence-electron chi connectivity index (χ1n) is 10.5. The van der Waals surface area contributed by atoms with Gasteiger partial charge >= 0.3 is 0 Å². The van der Waals surface area contributed by atoms with Crippen molar-refractivity contribution in [3.8, 4) is 11.1 Å². The predicted octanol–water partition coefficient (Wildman–Crippen LogP) is 3.70. The van der Waals surface area contributed by atoms with Crippen LogP contribution in [0.25, 0.3) is 16.8 Å². The van der Waals surface area contributed by atoms with Crippen LogP contribution in [0.1, 0.15) is 18.7 Å². The lowest BCUT2D eigenvalue weighted by molar-refractivity contribution is 0.523. The molecular formula is C22H26N8S. The first-order chi connectivity index (χ1) is 15.1. The number of hydrogen-bond acceptors (Lipinski definition) is 8. The molecule has 0 spiro atoms. The Labute approximate surface area is 185 Å². The average molecular weight is 435 g/mol. The van der Waals surface area contributed by atoms with E-state index in [0.717, 1.165) is 59.3 Å². The standard InChI is InChI=1S/C22H26N8S/c1-15-23-22(31-27-15)29-12-9-17(10-13-29)24-21-25-20-19(8-5-11-30(20)26-21)16-6-4-7-18(14-16)28(2)3/h4-8,11,14,17H,9-10,12-13H2,1-3H3,(H,24,26). The van der Waals surface area contributed by atoms with Crippen LogP contribution in [0.2, 0.25) is 0 Å². The van der Waals surface area contributed by atoms with Crippen LogP contribution in [-0.4, -0.2) is 57.2 Å². The molecule has 9 heteroatoms. The van der Waals surface area contributed by atoms with Crippen LogP contribution in [0.3, 0.4) is 0 Å². The number of hydrogen-bond donors (Lipinski definition) is 1. The van der Waals surface area contributed by atoms with E-state index in [9.17, 15) is 0 Å². The highest BCUT2D eigenvalue weighted by Gasteiger charge is 2.22. The van der Waals surface area contributed by atoms with E-state index in [0.29, 0.717) is 12.0 Å². The summed E-state index contributed by atoms with van der Waals surface area (Å²) in [6.45, 7) is 3.86. The molecule has 1 aliphatic heterocycles. The minimum absolute atomic E-state index is 0.350. The maximum atomic E-state index is 4.83. The van der Waals surface area contributed by atoms with Crippen molar-refractivity contribution in [3.05, 3.63) is 48.4 Å². The van der Waals surface area contributed by atoms with Gasteiger partial charge in [-0.25, -0.2) is 9.50 Å². The number of pyridine rings is 1. The Kier molecular flexibility index (Phi) is 5.19. The molecular weight excluding hydrogens is 408 g/mol. The van der Waals surface area contributed by atoms with E-state index in [-0.39, 0.29) is 0 Å².